The zero-order valence-corrected chi connectivity index (χ0v) is 16.4. The molecule has 0 saturated heterocycles. The molecular formula is C19H22N6O2S. The molecule has 1 aromatic carbocycles. The monoisotopic (exact) mass is 398 g/mol. The number of hydrogen-bond acceptors (Lipinski definition) is 5. The quantitative estimate of drug-likeness (QED) is 0.531. The molecule has 1 saturated carbocycles. The molecule has 1 fully saturated rings. The van der Waals surface area contributed by atoms with E-state index in [0.717, 1.165) is 41.6 Å². The van der Waals surface area contributed by atoms with Crippen LogP contribution in [0.2, 0.25) is 0 Å². The summed E-state index contributed by atoms with van der Waals surface area (Å²) < 4.78 is 2.12. The zero-order chi connectivity index (χ0) is 19.5. The fourth-order valence-electron chi connectivity index (χ4n) is 3.05. The Bertz CT molecular complexity index is 1010. The molecule has 0 unspecified atom stereocenters. The molecular weight excluding hydrogens is 376 g/mol. The Labute approximate surface area is 166 Å². The Kier molecular flexibility index (Phi) is 5.34. The number of rotatable bonds is 7. The first-order chi connectivity index (χ1) is 13.7. The molecule has 8 nitrogen and oxygen atoms in total. The normalized spacial score (nSPS) is 13.6. The molecule has 0 spiro atoms. The number of imide groups is 1. The number of nitrogens with zero attached hydrogens (tertiary/aromatic N) is 3. The highest BCUT2D eigenvalue weighted by Crippen LogP contribution is 2.42. The highest BCUT2D eigenvalue weighted by atomic mass is 32.2. The number of hydrogen-bond donors (Lipinski definition) is 3. The van der Waals surface area contributed by atoms with Crippen LogP contribution in [0.15, 0.2) is 35.6 Å². The summed E-state index contributed by atoms with van der Waals surface area (Å²) in [6, 6.07) is 7.97. The molecule has 2 aromatic heterocycles. The molecule has 2 heterocycles. The number of benzene rings is 1. The van der Waals surface area contributed by atoms with E-state index in [0.29, 0.717) is 17.7 Å². The van der Waals surface area contributed by atoms with Gasteiger partial charge in [-0.25, -0.2) is 4.79 Å². The summed E-state index contributed by atoms with van der Waals surface area (Å²) in [4.78, 5) is 26.9. The van der Waals surface area contributed by atoms with Gasteiger partial charge >= 0.3 is 6.03 Å². The van der Waals surface area contributed by atoms with E-state index in [1.54, 1.807) is 0 Å². The number of aromatic nitrogens is 4. The van der Waals surface area contributed by atoms with Crippen molar-refractivity contribution in [2.75, 3.05) is 12.3 Å². The summed E-state index contributed by atoms with van der Waals surface area (Å²) in [5.41, 5.74) is 2.06. The molecule has 9 heteroatoms. The Morgan fingerprint density at radius 1 is 1.29 bits per heavy atom. The standard InChI is InChI=1S/C19H22N6O2S/c1-2-9-20-18(27)22-16(26)11-28-19-24-23-17(25(19)12-7-8-12)14-10-21-15-6-4-3-5-13(14)15/h3-6,10,12,21H,2,7-9,11H2,1H3,(H2,20,22,26,27). The minimum Gasteiger partial charge on any atom is -0.360 e. The van der Waals surface area contributed by atoms with Gasteiger partial charge in [-0.15, -0.1) is 10.2 Å². The molecule has 3 N–H and O–H groups in total. The Morgan fingerprint density at radius 3 is 2.89 bits per heavy atom. The second-order valence-electron chi connectivity index (χ2n) is 6.75. The van der Waals surface area contributed by atoms with Gasteiger partial charge < -0.3 is 10.3 Å². The number of thioether (sulfide) groups is 1. The molecule has 4 rings (SSSR count). The highest BCUT2D eigenvalue weighted by Gasteiger charge is 2.31. The summed E-state index contributed by atoms with van der Waals surface area (Å²) in [6.07, 6.45) is 4.92. The lowest BCUT2D eigenvalue weighted by molar-refractivity contribution is -0.117. The molecule has 0 radical (unpaired) electrons. The number of carbonyl (C=O) groups is 2. The van der Waals surface area contributed by atoms with Crippen LogP contribution < -0.4 is 10.6 Å². The second-order valence-corrected chi connectivity index (χ2v) is 7.69. The van der Waals surface area contributed by atoms with Crippen LogP contribution in [0, 0.1) is 0 Å². The van der Waals surface area contributed by atoms with Gasteiger partial charge in [0.25, 0.3) is 0 Å². The third kappa shape index (κ3) is 3.89. The first kappa shape index (κ1) is 18.5. The molecule has 3 aromatic rings. The van der Waals surface area contributed by atoms with E-state index in [2.05, 4.69) is 36.4 Å². The number of H-pyrrole nitrogens is 1. The maximum atomic E-state index is 12.0. The van der Waals surface area contributed by atoms with Crippen molar-refractivity contribution in [2.24, 2.45) is 0 Å². The van der Waals surface area contributed by atoms with Gasteiger partial charge in [-0.2, -0.15) is 0 Å². The molecule has 0 aliphatic heterocycles. The molecule has 1 aliphatic carbocycles. The van der Waals surface area contributed by atoms with Crippen molar-refractivity contribution in [1.29, 1.82) is 0 Å². The fraction of sp³-hybridized carbons (Fsp3) is 0.368. The summed E-state index contributed by atoms with van der Waals surface area (Å²) >= 11 is 1.30. The number of amides is 3. The molecule has 146 valence electrons. The lowest BCUT2D eigenvalue weighted by Gasteiger charge is -2.08. The van der Waals surface area contributed by atoms with Crippen LogP contribution in [-0.4, -0.2) is 44.0 Å². The van der Waals surface area contributed by atoms with Crippen molar-refractivity contribution < 1.29 is 9.59 Å². The smallest absolute Gasteiger partial charge is 0.321 e. The van der Waals surface area contributed by atoms with E-state index in [9.17, 15) is 9.59 Å². The van der Waals surface area contributed by atoms with Crippen LogP contribution in [-0.2, 0) is 4.79 Å². The second kappa shape index (κ2) is 8.05. The van der Waals surface area contributed by atoms with Crippen molar-refractivity contribution >= 4 is 34.6 Å². The van der Waals surface area contributed by atoms with E-state index in [-0.39, 0.29) is 11.7 Å². The minimum absolute atomic E-state index is 0.109. The number of urea groups is 1. The largest absolute Gasteiger partial charge is 0.360 e. The Balaban J connectivity index is 1.50. The van der Waals surface area contributed by atoms with E-state index in [1.165, 1.54) is 11.8 Å². The van der Waals surface area contributed by atoms with Crippen LogP contribution in [0.3, 0.4) is 0 Å². The summed E-state index contributed by atoms with van der Waals surface area (Å²) in [5, 5.41) is 15.5. The number of nitrogens with one attached hydrogen (secondary N) is 3. The van der Waals surface area contributed by atoms with E-state index < -0.39 is 6.03 Å². The number of aromatic amines is 1. The molecule has 0 atom stereocenters. The Morgan fingerprint density at radius 2 is 2.11 bits per heavy atom. The van der Waals surface area contributed by atoms with Crippen molar-refractivity contribution in [2.45, 2.75) is 37.4 Å². The summed E-state index contributed by atoms with van der Waals surface area (Å²) in [6.45, 7) is 2.49. The van der Waals surface area contributed by atoms with Gasteiger partial charge in [0.15, 0.2) is 11.0 Å². The first-order valence-corrected chi connectivity index (χ1v) is 10.4. The van der Waals surface area contributed by atoms with Gasteiger partial charge in [-0.3, -0.25) is 14.7 Å². The van der Waals surface area contributed by atoms with E-state index >= 15 is 0 Å². The summed E-state index contributed by atoms with van der Waals surface area (Å²) in [7, 11) is 0. The first-order valence-electron chi connectivity index (χ1n) is 9.39. The third-order valence-corrected chi connectivity index (χ3v) is 5.47. The maximum Gasteiger partial charge on any atom is 0.321 e. The van der Waals surface area contributed by atoms with Crippen molar-refractivity contribution in [3.05, 3.63) is 30.5 Å². The van der Waals surface area contributed by atoms with Gasteiger partial charge in [-0.05, 0) is 25.3 Å². The Hall–Kier alpha value is -2.81. The topological polar surface area (TPSA) is 105 Å². The van der Waals surface area contributed by atoms with E-state index in [1.807, 2.05) is 31.3 Å². The van der Waals surface area contributed by atoms with Crippen LogP contribution in [0.1, 0.15) is 32.2 Å². The molecule has 1 aliphatic rings. The lowest BCUT2D eigenvalue weighted by Crippen LogP contribution is -2.40. The van der Waals surface area contributed by atoms with Crippen LogP contribution in [0.25, 0.3) is 22.3 Å². The van der Waals surface area contributed by atoms with Crippen molar-refractivity contribution in [1.82, 2.24) is 30.4 Å². The van der Waals surface area contributed by atoms with Gasteiger partial charge in [0.2, 0.25) is 5.91 Å². The number of fused-ring (bicyclic) bond motifs is 1. The van der Waals surface area contributed by atoms with Crippen LogP contribution in [0.4, 0.5) is 4.79 Å². The minimum atomic E-state index is -0.462. The predicted octanol–water partition coefficient (Wildman–Crippen LogP) is 3.09. The molecule has 0 bridgehead atoms. The van der Waals surface area contributed by atoms with Crippen LogP contribution in [0.5, 0.6) is 0 Å². The molecule has 28 heavy (non-hydrogen) atoms. The third-order valence-electron chi connectivity index (χ3n) is 4.53. The SMILES string of the molecule is CCCNC(=O)NC(=O)CSc1nnc(-c2c[nH]c3ccccc23)n1C1CC1. The van der Waals surface area contributed by atoms with Gasteiger partial charge in [-0.1, -0.05) is 36.9 Å². The van der Waals surface area contributed by atoms with Crippen molar-refractivity contribution in [3.8, 4) is 11.4 Å². The average Bonchev–Trinajstić information content (AvgIpc) is 3.31. The highest BCUT2D eigenvalue weighted by molar-refractivity contribution is 7.99. The molecule has 3 amide bonds. The van der Waals surface area contributed by atoms with Gasteiger partial charge in [0, 0.05) is 35.2 Å². The van der Waals surface area contributed by atoms with Crippen LogP contribution >= 0.6 is 11.8 Å². The van der Waals surface area contributed by atoms with Crippen molar-refractivity contribution in [3.63, 3.8) is 0 Å². The van der Waals surface area contributed by atoms with E-state index in [4.69, 9.17) is 0 Å². The average molecular weight is 398 g/mol. The predicted molar refractivity (Wildman–Crippen MR) is 108 cm³/mol. The maximum absolute atomic E-state index is 12.0. The lowest BCUT2D eigenvalue weighted by atomic mass is 10.1. The van der Waals surface area contributed by atoms with Gasteiger partial charge in [0.1, 0.15) is 0 Å². The zero-order valence-electron chi connectivity index (χ0n) is 15.6. The summed E-state index contributed by atoms with van der Waals surface area (Å²) in [5.74, 6) is 0.569. The number of para-hydroxylation sites is 1. The fourth-order valence-corrected chi connectivity index (χ4v) is 3.86. The number of carbonyl (C=O) groups excluding carboxylic acids is 2. The van der Waals surface area contributed by atoms with Gasteiger partial charge in [0.05, 0.1) is 5.75 Å².